The fourth-order valence-corrected chi connectivity index (χ4v) is 5.59. The fraction of sp³-hybridized carbons (Fsp3) is 0.0870. The molecule has 0 radical (unpaired) electrons. The number of hydrogen-bond donors (Lipinski definition) is 0. The Morgan fingerprint density at radius 1 is 1.03 bits per heavy atom. The second-order valence-corrected chi connectivity index (χ2v) is 9.27. The molecule has 0 saturated heterocycles. The maximum absolute atomic E-state index is 13.5. The van der Waals surface area contributed by atoms with Gasteiger partial charge in [-0.15, -0.1) is 11.3 Å². The molecule has 148 valence electrons. The lowest BCUT2D eigenvalue weighted by Gasteiger charge is -2.12. The summed E-state index contributed by atoms with van der Waals surface area (Å²) in [6.07, 6.45) is 3.52. The molecule has 30 heavy (non-hydrogen) atoms. The molecule has 2 aromatic carbocycles. The van der Waals surface area contributed by atoms with E-state index < -0.39 is 0 Å². The van der Waals surface area contributed by atoms with Crippen LogP contribution in [0.5, 0.6) is 0 Å². The van der Waals surface area contributed by atoms with Crippen LogP contribution in [0.15, 0.2) is 83.0 Å². The maximum atomic E-state index is 13.5. The number of benzene rings is 2. The predicted octanol–water partition coefficient (Wildman–Crippen LogP) is 6.00. The number of hydrogen-bond acceptors (Lipinski definition) is 5. The van der Waals surface area contributed by atoms with Crippen LogP contribution in [0.1, 0.15) is 11.1 Å². The molecule has 5 rings (SSSR count). The molecule has 0 N–H and O–H groups in total. The number of aromatic nitrogens is 3. The van der Waals surface area contributed by atoms with Crippen molar-refractivity contribution in [3.05, 3.63) is 99.6 Å². The molecule has 0 unspecified atom stereocenters. The molecule has 0 bridgehead atoms. The van der Waals surface area contributed by atoms with Crippen LogP contribution in [0.25, 0.3) is 20.3 Å². The van der Waals surface area contributed by atoms with Crippen molar-refractivity contribution in [2.75, 3.05) is 0 Å². The van der Waals surface area contributed by atoms with Gasteiger partial charge in [-0.2, -0.15) is 0 Å². The highest BCUT2D eigenvalue weighted by atomic mass is 35.5. The summed E-state index contributed by atoms with van der Waals surface area (Å²) >= 11 is 9.18. The lowest BCUT2D eigenvalue weighted by Crippen LogP contribution is -2.23. The Morgan fingerprint density at radius 3 is 2.73 bits per heavy atom. The predicted molar refractivity (Wildman–Crippen MR) is 126 cm³/mol. The minimum Gasteiger partial charge on any atom is -0.282 e. The summed E-state index contributed by atoms with van der Waals surface area (Å²) in [7, 11) is 0. The Morgan fingerprint density at radius 2 is 1.90 bits per heavy atom. The third kappa shape index (κ3) is 3.74. The quantitative estimate of drug-likeness (QED) is 0.244. The summed E-state index contributed by atoms with van der Waals surface area (Å²) in [4.78, 5) is 22.6. The first-order valence-electron chi connectivity index (χ1n) is 9.37. The number of nitrogens with zero attached hydrogens (tertiary/aromatic N) is 3. The monoisotopic (exact) mass is 449 g/mol. The van der Waals surface area contributed by atoms with Gasteiger partial charge in [0.15, 0.2) is 5.16 Å². The Balaban J connectivity index is 1.64. The molecular formula is C23H16ClN3OS2. The van der Waals surface area contributed by atoms with Crippen LogP contribution in [-0.2, 0) is 12.3 Å². The van der Waals surface area contributed by atoms with Gasteiger partial charge in [0.1, 0.15) is 4.70 Å². The molecule has 7 heteroatoms. The minimum absolute atomic E-state index is 0.0151. The van der Waals surface area contributed by atoms with Gasteiger partial charge in [-0.05, 0) is 35.4 Å². The van der Waals surface area contributed by atoms with Crippen molar-refractivity contribution in [3.63, 3.8) is 0 Å². The molecule has 0 aliphatic heterocycles. The van der Waals surface area contributed by atoms with Crippen molar-refractivity contribution < 1.29 is 0 Å². The molecular weight excluding hydrogens is 434 g/mol. The number of pyridine rings is 1. The molecule has 3 heterocycles. The van der Waals surface area contributed by atoms with Gasteiger partial charge in [0.2, 0.25) is 0 Å². The van der Waals surface area contributed by atoms with Crippen LogP contribution in [0.3, 0.4) is 0 Å². The fourth-order valence-electron chi connectivity index (χ4n) is 3.35. The third-order valence-electron chi connectivity index (χ3n) is 4.77. The van der Waals surface area contributed by atoms with Gasteiger partial charge in [0.05, 0.1) is 12.1 Å². The highest BCUT2D eigenvalue weighted by Crippen LogP contribution is 2.32. The summed E-state index contributed by atoms with van der Waals surface area (Å²) < 4.78 is 3.51. The lowest BCUT2D eigenvalue weighted by atomic mass is 10.2. The van der Waals surface area contributed by atoms with Crippen LogP contribution >= 0.6 is 34.7 Å². The topological polar surface area (TPSA) is 47.8 Å². The van der Waals surface area contributed by atoms with Gasteiger partial charge in [0, 0.05) is 33.3 Å². The van der Waals surface area contributed by atoms with Gasteiger partial charge in [0.25, 0.3) is 5.56 Å². The highest BCUT2D eigenvalue weighted by Gasteiger charge is 2.17. The molecule has 0 atom stereocenters. The van der Waals surface area contributed by atoms with Crippen molar-refractivity contribution in [3.8, 4) is 0 Å². The summed E-state index contributed by atoms with van der Waals surface area (Å²) in [5.41, 5.74) is 2.81. The molecule has 4 nitrogen and oxygen atoms in total. The number of rotatable bonds is 5. The first-order valence-corrected chi connectivity index (χ1v) is 11.6. The minimum atomic E-state index is -0.0151. The normalized spacial score (nSPS) is 11.4. The molecule has 0 aliphatic carbocycles. The number of fused-ring (bicyclic) bond motifs is 3. The van der Waals surface area contributed by atoms with Gasteiger partial charge < -0.3 is 0 Å². The van der Waals surface area contributed by atoms with Crippen molar-refractivity contribution in [1.29, 1.82) is 0 Å². The first kappa shape index (κ1) is 19.3. The summed E-state index contributed by atoms with van der Waals surface area (Å²) in [5.74, 6) is 0.674. The Labute approximate surface area is 186 Å². The van der Waals surface area contributed by atoms with Crippen LogP contribution in [0, 0.1) is 0 Å². The smallest absolute Gasteiger partial charge is 0.272 e. The van der Waals surface area contributed by atoms with Crippen molar-refractivity contribution >= 4 is 55.0 Å². The van der Waals surface area contributed by atoms with E-state index in [0.29, 0.717) is 27.2 Å². The average molecular weight is 450 g/mol. The van der Waals surface area contributed by atoms with Crippen LogP contribution in [0.4, 0.5) is 0 Å². The van der Waals surface area contributed by atoms with Crippen molar-refractivity contribution in [2.24, 2.45) is 0 Å². The van der Waals surface area contributed by atoms with Crippen molar-refractivity contribution in [1.82, 2.24) is 14.5 Å². The van der Waals surface area contributed by atoms with Crippen molar-refractivity contribution in [2.45, 2.75) is 17.5 Å². The van der Waals surface area contributed by atoms with Crippen LogP contribution in [0.2, 0.25) is 5.02 Å². The van der Waals surface area contributed by atoms with E-state index in [-0.39, 0.29) is 5.56 Å². The third-order valence-corrected chi connectivity index (χ3v) is 7.20. The summed E-state index contributed by atoms with van der Waals surface area (Å²) in [6, 6.07) is 19.6. The zero-order valence-electron chi connectivity index (χ0n) is 15.8. The first-order chi connectivity index (χ1) is 14.7. The van der Waals surface area contributed by atoms with E-state index in [1.807, 2.05) is 60.7 Å². The van der Waals surface area contributed by atoms with Crippen LogP contribution in [-0.4, -0.2) is 14.5 Å². The molecule has 0 saturated carbocycles. The second-order valence-electron chi connectivity index (χ2n) is 6.84. The van der Waals surface area contributed by atoms with Gasteiger partial charge in [-0.3, -0.25) is 14.3 Å². The average Bonchev–Trinajstić information content (AvgIpc) is 3.14. The van der Waals surface area contributed by atoms with E-state index >= 15 is 0 Å². The van der Waals surface area contributed by atoms with Gasteiger partial charge in [-0.1, -0.05) is 59.8 Å². The zero-order chi connectivity index (χ0) is 20.5. The summed E-state index contributed by atoms with van der Waals surface area (Å²) in [5, 5.41) is 2.42. The number of thioether (sulfide) groups is 1. The maximum Gasteiger partial charge on any atom is 0.272 e. The van der Waals surface area contributed by atoms with E-state index in [1.165, 1.54) is 11.3 Å². The van der Waals surface area contributed by atoms with E-state index in [2.05, 4.69) is 4.98 Å². The standard InChI is InChI=1S/C23H16ClN3OS2/c24-17-7-3-5-15(11-17)14-29-23-26-20-18-8-1-2-9-19(18)30-21(20)22(28)27(23)13-16-6-4-10-25-12-16/h1-12H,13-14H2. The van der Waals surface area contributed by atoms with E-state index in [0.717, 1.165) is 26.7 Å². The molecule has 0 aliphatic rings. The molecule has 5 aromatic rings. The molecule has 3 aromatic heterocycles. The van der Waals surface area contributed by atoms with Crippen LogP contribution < -0.4 is 5.56 Å². The lowest BCUT2D eigenvalue weighted by molar-refractivity contribution is 0.658. The zero-order valence-corrected chi connectivity index (χ0v) is 18.2. The summed E-state index contributed by atoms with van der Waals surface area (Å²) in [6.45, 7) is 0.432. The Kier molecular flexibility index (Phi) is 5.29. The second kappa shape index (κ2) is 8.22. The molecule has 0 spiro atoms. The highest BCUT2D eigenvalue weighted by molar-refractivity contribution is 7.98. The van der Waals surface area contributed by atoms with E-state index in [4.69, 9.17) is 16.6 Å². The molecule has 0 amide bonds. The molecule has 0 fully saturated rings. The van der Waals surface area contributed by atoms with Gasteiger partial charge >= 0.3 is 0 Å². The largest absolute Gasteiger partial charge is 0.282 e. The number of halogens is 1. The van der Waals surface area contributed by atoms with E-state index in [1.54, 1.807) is 28.7 Å². The van der Waals surface area contributed by atoms with E-state index in [9.17, 15) is 4.79 Å². The van der Waals surface area contributed by atoms with Gasteiger partial charge in [-0.25, -0.2) is 4.98 Å². The SMILES string of the molecule is O=c1c2sc3ccccc3c2nc(SCc2cccc(Cl)c2)n1Cc1cccnc1. The Bertz CT molecular complexity index is 1410. The Hall–Kier alpha value is -2.67. The number of thiophene rings is 1.